The summed E-state index contributed by atoms with van der Waals surface area (Å²) in [5.74, 6) is 0.845. The number of hydrogen-bond donors (Lipinski definition) is 2. The van der Waals surface area contributed by atoms with Crippen LogP contribution in [0.25, 0.3) is 0 Å². The van der Waals surface area contributed by atoms with Gasteiger partial charge in [0.25, 0.3) is 10.0 Å². The van der Waals surface area contributed by atoms with E-state index in [-0.39, 0.29) is 10.6 Å². The Kier molecular flexibility index (Phi) is 5.03. The predicted octanol–water partition coefficient (Wildman–Crippen LogP) is 3.84. The predicted molar refractivity (Wildman–Crippen MR) is 89.5 cm³/mol. The van der Waals surface area contributed by atoms with Crippen molar-refractivity contribution in [1.82, 2.24) is 0 Å². The molecule has 0 saturated heterocycles. The van der Waals surface area contributed by atoms with E-state index in [1.54, 1.807) is 30.0 Å². The van der Waals surface area contributed by atoms with E-state index >= 15 is 0 Å². The molecule has 112 valence electrons. The number of halogens is 1. The molecule has 0 atom stereocenters. The smallest absolute Gasteiger partial charge is 0.264 e. The summed E-state index contributed by atoms with van der Waals surface area (Å²) >= 11 is 7.42. The highest BCUT2D eigenvalue weighted by Gasteiger charge is 2.19. The van der Waals surface area contributed by atoms with Gasteiger partial charge in [0, 0.05) is 9.92 Å². The maximum absolute atomic E-state index is 12.5. The summed E-state index contributed by atoms with van der Waals surface area (Å²) in [6.07, 6.45) is 0. The van der Waals surface area contributed by atoms with E-state index in [0.29, 0.717) is 10.7 Å². The molecule has 3 N–H and O–H groups in total. The van der Waals surface area contributed by atoms with E-state index in [2.05, 4.69) is 4.72 Å². The third-order valence-corrected chi connectivity index (χ3v) is 5.31. The average molecular weight is 343 g/mol. The minimum atomic E-state index is -3.78. The van der Waals surface area contributed by atoms with Crippen molar-refractivity contribution in [2.75, 3.05) is 16.2 Å². The molecular weight excluding hydrogens is 328 g/mol. The van der Waals surface area contributed by atoms with Gasteiger partial charge in [0.05, 0.1) is 11.4 Å². The van der Waals surface area contributed by atoms with Gasteiger partial charge in [-0.1, -0.05) is 30.7 Å². The number of thioether (sulfide) groups is 1. The summed E-state index contributed by atoms with van der Waals surface area (Å²) in [7, 11) is -3.78. The lowest BCUT2D eigenvalue weighted by molar-refractivity contribution is 0.601. The van der Waals surface area contributed by atoms with E-state index in [1.165, 1.54) is 12.1 Å². The molecular formula is C14H15ClN2O2S2. The monoisotopic (exact) mass is 342 g/mol. The van der Waals surface area contributed by atoms with Gasteiger partial charge in [-0.15, -0.1) is 11.8 Å². The molecule has 2 aromatic carbocycles. The van der Waals surface area contributed by atoms with Gasteiger partial charge in [0.2, 0.25) is 0 Å². The number of nitrogens with one attached hydrogen (secondary N) is 1. The summed E-state index contributed by atoms with van der Waals surface area (Å²) in [6, 6.07) is 11.6. The van der Waals surface area contributed by atoms with Crippen LogP contribution >= 0.6 is 23.4 Å². The summed E-state index contributed by atoms with van der Waals surface area (Å²) in [4.78, 5) is 0.843. The number of para-hydroxylation sites is 1. The van der Waals surface area contributed by atoms with Gasteiger partial charge in [-0.05, 0) is 36.1 Å². The first kappa shape index (κ1) is 16.0. The van der Waals surface area contributed by atoms with Gasteiger partial charge in [-0.25, -0.2) is 8.42 Å². The first-order valence-corrected chi connectivity index (χ1v) is 9.08. The fraction of sp³-hybridized carbons (Fsp3) is 0.143. The van der Waals surface area contributed by atoms with Gasteiger partial charge in [-0.2, -0.15) is 0 Å². The molecule has 0 aliphatic heterocycles. The summed E-state index contributed by atoms with van der Waals surface area (Å²) in [5.41, 5.74) is 6.43. The molecule has 7 heteroatoms. The highest BCUT2D eigenvalue weighted by molar-refractivity contribution is 7.99. The van der Waals surface area contributed by atoms with Crippen molar-refractivity contribution in [2.45, 2.75) is 16.7 Å². The molecule has 0 fully saturated rings. The minimum absolute atomic E-state index is 0.0219. The molecule has 0 bridgehead atoms. The lowest BCUT2D eigenvalue weighted by atomic mass is 10.3. The van der Waals surface area contributed by atoms with Crippen molar-refractivity contribution in [3.63, 3.8) is 0 Å². The van der Waals surface area contributed by atoms with Gasteiger partial charge in [0.15, 0.2) is 0 Å². The van der Waals surface area contributed by atoms with Crippen LogP contribution in [0.15, 0.2) is 52.3 Å². The second kappa shape index (κ2) is 6.60. The van der Waals surface area contributed by atoms with E-state index in [4.69, 9.17) is 17.3 Å². The van der Waals surface area contributed by atoms with Crippen LogP contribution in [0.4, 0.5) is 11.4 Å². The Hall–Kier alpha value is -1.37. The second-order valence-electron chi connectivity index (χ2n) is 4.22. The zero-order valence-corrected chi connectivity index (χ0v) is 13.7. The van der Waals surface area contributed by atoms with Gasteiger partial charge < -0.3 is 5.73 Å². The van der Waals surface area contributed by atoms with Crippen molar-refractivity contribution in [1.29, 1.82) is 0 Å². The van der Waals surface area contributed by atoms with Crippen LogP contribution in [0.3, 0.4) is 0 Å². The van der Waals surface area contributed by atoms with E-state index in [0.717, 1.165) is 10.6 Å². The molecule has 21 heavy (non-hydrogen) atoms. The molecule has 2 rings (SSSR count). The molecule has 0 spiro atoms. The van der Waals surface area contributed by atoms with Gasteiger partial charge >= 0.3 is 0 Å². The van der Waals surface area contributed by atoms with Crippen LogP contribution in [0.2, 0.25) is 5.02 Å². The number of benzene rings is 2. The largest absolute Gasteiger partial charge is 0.398 e. The fourth-order valence-electron chi connectivity index (χ4n) is 1.77. The molecule has 0 heterocycles. The number of anilines is 2. The quantitative estimate of drug-likeness (QED) is 0.639. The van der Waals surface area contributed by atoms with Crippen LogP contribution in [0.1, 0.15) is 6.92 Å². The highest BCUT2D eigenvalue weighted by Crippen LogP contribution is 2.30. The number of rotatable bonds is 5. The molecule has 2 aromatic rings. The minimum Gasteiger partial charge on any atom is -0.398 e. The maximum Gasteiger partial charge on any atom is 0.264 e. The molecule has 0 radical (unpaired) electrons. The Labute approximate surface area is 133 Å². The van der Waals surface area contributed by atoms with Crippen LogP contribution in [0, 0.1) is 0 Å². The molecule has 0 aliphatic rings. The van der Waals surface area contributed by atoms with Crippen molar-refractivity contribution in [3.05, 3.63) is 47.5 Å². The average Bonchev–Trinajstić information content (AvgIpc) is 2.43. The SMILES string of the molecule is CCSc1ccccc1NS(=O)(=O)c1cc(Cl)ccc1N. The Bertz CT molecular complexity index is 748. The van der Waals surface area contributed by atoms with Crippen molar-refractivity contribution in [3.8, 4) is 0 Å². The van der Waals surface area contributed by atoms with Crippen molar-refractivity contribution >= 4 is 44.8 Å². The summed E-state index contributed by atoms with van der Waals surface area (Å²) < 4.78 is 27.5. The van der Waals surface area contributed by atoms with E-state index in [9.17, 15) is 8.42 Å². The van der Waals surface area contributed by atoms with Gasteiger partial charge in [0.1, 0.15) is 4.90 Å². The molecule has 0 unspecified atom stereocenters. The molecule has 0 aromatic heterocycles. The second-order valence-corrected chi connectivity index (χ2v) is 7.61. The topological polar surface area (TPSA) is 72.2 Å². The van der Waals surface area contributed by atoms with E-state index < -0.39 is 10.0 Å². The Morgan fingerprint density at radius 3 is 2.67 bits per heavy atom. The van der Waals surface area contributed by atoms with Crippen LogP contribution < -0.4 is 10.5 Å². The number of nitrogens with two attached hydrogens (primary N) is 1. The summed E-state index contributed by atoms with van der Waals surface area (Å²) in [6.45, 7) is 2.00. The van der Waals surface area contributed by atoms with Gasteiger partial charge in [-0.3, -0.25) is 4.72 Å². The summed E-state index contributed by atoms with van der Waals surface area (Å²) in [5, 5.41) is 0.320. The Morgan fingerprint density at radius 2 is 1.95 bits per heavy atom. The third kappa shape index (κ3) is 3.84. The zero-order chi connectivity index (χ0) is 15.5. The normalized spacial score (nSPS) is 11.3. The maximum atomic E-state index is 12.5. The van der Waals surface area contributed by atoms with Crippen LogP contribution in [0.5, 0.6) is 0 Å². The number of nitrogen functional groups attached to an aromatic ring is 1. The number of hydrogen-bond acceptors (Lipinski definition) is 4. The molecule has 0 saturated carbocycles. The lowest BCUT2D eigenvalue weighted by Crippen LogP contribution is -2.15. The van der Waals surface area contributed by atoms with Crippen molar-refractivity contribution in [2.24, 2.45) is 0 Å². The van der Waals surface area contributed by atoms with Crippen LogP contribution in [-0.2, 0) is 10.0 Å². The Morgan fingerprint density at radius 1 is 1.24 bits per heavy atom. The fourth-order valence-corrected chi connectivity index (χ4v) is 4.07. The van der Waals surface area contributed by atoms with E-state index in [1.807, 2.05) is 19.1 Å². The highest BCUT2D eigenvalue weighted by atomic mass is 35.5. The lowest BCUT2D eigenvalue weighted by Gasteiger charge is -2.13. The molecule has 0 aliphatic carbocycles. The Balaban J connectivity index is 2.40. The third-order valence-electron chi connectivity index (χ3n) is 2.70. The molecule has 4 nitrogen and oxygen atoms in total. The molecule has 0 amide bonds. The van der Waals surface area contributed by atoms with Crippen molar-refractivity contribution < 1.29 is 8.42 Å². The van der Waals surface area contributed by atoms with Crippen LogP contribution in [-0.4, -0.2) is 14.2 Å². The first-order chi connectivity index (χ1) is 9.94. The first-order valence-electron chi connectivity index (χ1n) is 6.23. The number of sulfonamides is 1. The standard InChI is InChI=1S/C14H15ClN2O2S2/c1-2-20-13-6-4-3-5-12(13)17-21(18,19)14-9-10(15)7-8-11(14)16/h3-9,17H,2,16H2,1H3. The zero-order valence-electron chi connectivity index (χ0n) is 11.3.